The number of halogens is 1. The highest BCUT2D eigenvalue weighted by atomic mass is 35.5. The van der Waals surface area contributed by atoms with Crippen LogP contribution >= 0.6 is 22.9 Å². The molecule has 5 nitrogen and oxygen atoms in total. The molecule has 1 aromatic carbocycles. The lowest BCUT2D eigenvalue weighted by Gasteiger charge is -2.03. The Labute approximate surface area is 100 Å². The third-order valence-electron chi connectivity index (χ3n) is 1.84. The van der Waals surface area contributed by atoms with Crippen molar-refractivity contribution in [3.63, 3.8) is 0 Å². The van der Waals surface area contributed by atoms with E-state index in [0.29, 0.717) is 21.4 Å². The number of rotatable bonds is 2. The number of carbonyl (C=O) groups excluding carboxylic acids is 1. The summed E-state index contributed by atoms with van der Waals surface area (Å²) in [4.78, 5) is 11.7. The average Bonchev–Trinajstić information content (AvgIpc) is 2.74. The Hall–Kier alpha value is -1.66. The number of nitrogens with zero attached hydrogens (tertiary/aromatic N) is 2. The molecule has 0 atom stereocenters. The van der Waals surface area contributed by atoms with Gasteiger partial charge in [-0.15, -0.1) is 10.2 Å². The number of nitrogen functional groups attached to an aromatic ring is 1. The molecule has 2 rings (SSSR count). The molecule has 2 aromatic rings. The standard InChI is InChI=1S/C9H7ClN4OS/c10-6-3-5(1-2-7(6)11)8(15)13-9-14-12-4-16-9/h1-4H,11H2,(H,13,14,15). The van der Waals surface area contributed by atoms with Gasteiger partial charge in [0.2, 0.25) is 5.13 Å². The summed E-state index contributed by atoms with van der Waals surface area (Å²) >= 11 is 7.05. The molecular weight excluding hydrogens is 248 g/mol. The lowest BCUT2D eigenvalue weighted by molar-refractivity contribution is 0.102. The highest BCUT2D eigenvalue weighted by Crippen LogP contribution is 2.20. The van der Waals surface area contributed by atoms with E-state index in [-0.39, 0.29) is 5.91 Å². The van der Waals surface area contributed by atoms with Crippen LogP contribution in [-0.4, -0.2) is 16.1 Å². The van der Waals surface area contributed by atoms with Crippen LogP contribution in [0, 0.1) is 0 Å². The molecule has 82 valence electrons. The number of hydrogen-bond donors (Lipinski definition) is 2. The van der Waals surface area contributed by atoms with Crippen LogP contribution in [-0.2, 0) is 0 Å². The van der Waals surface area contributed by atoms with E-state index in [9.17, 15) is 4.79 Å². The van der Waals surface area contributed by atoms with Gasteiger partial charge >= 0.3 is 0 Å². The van der Waals surface area contributed by atoms with Crippen molar-refractivity contribution in [2.24, 2.45) is 0 Å². The molecule has 0 radical (unpaired) electrons. The first kappa shape index (κ1) is 10.8. The third kappa shape index (κ3) is 2.29. The molecule has 1 aromatic heterocycles. The molecule has 0 aliphatic rings. The SMILES string of the molecule is Nc1ccc(C(=O)Nc2nncs2)cc1Cl. The molecule has 0 spiro atoms. The van der Waals surface area contributed by atoms with E-state index < -0.39 is 0 Å². The summed E-state index contributed by atoms with van der Waals surface area (Å²) in [5.41, 5.74) is 7.94. The van der Waals surface area contributed by atoms with E-state index in [2.05, 4.69) is 15.5 Å². The van der Waals surface area contributed by atoms with Crippen LogP contribution in [0.1, 0.15) is 10.4 Å². The van der Waals surface area contributed by atoms with E-state index >= 15 is 0 Å². The number of hydrogen-bond acceptors (Lipinski definition) is 5. The largest absolute Gasteiger partial charge is 0.398 e. The molecule has 0 aliphatic carbocycles. The zero-order valence-electron chi connectivity index (χ0n) is 7.98. The van der Waals surface area contributed by atoms with Gasteiger partial charge in [0, 0.05) is 5.56 Å². The van der Waals surface area contributed by atoms with Gasteiger partial charge in [-0.05, 0) is 18.2 Å². The minimum Gasteiger partial charge on any atom is -0.398 e. The van der Waals surface area contributed by atoms with Crippen LogP contribution in [0.4, 0.5) is 10.8 Å². The van der Waals surface area contributed by atoms with E-state index in [0.717, 1.165) is 0 Å². The van der Waals surface area contributed by atoms with Crippen molar-refractivity contribution < 1.29 is 4.79 Å². The van der Waals surface area contributed by atoms with Crippen LogP contribution < -0.4 is 11.1 Å². The molecule has 0 unspecified atom stereocenters. The van der Waals surface area contributed by atoms with Crippen molar-refractivity contribution in [3.05, 3.63) is 34.3 Å². The Morgan fingerprint density at radius 3 is 2.94 bits per heavy atom. The minimum atomic E-state index is -0.293. The average molecular weight is 255 g/mol. The fourth-order valence-electron chi connectivity index (χ4n) is 1.07. The summed E-state index contributed by atoms with van der Waals surface area (Å²) in [6.07, 6.45) is 0. The van der Waals surface area contributed by atoms with Crippen molar-refractivity contribution >= 4 is 39.7 Å². The molecule has 1 heterocycles. The molecule has 0 saturated heterocycles. The smallest absolute Gasteiger partial charge is 0.257 e. The van der Waals surface area contributed by atoms with E-state index in [4.69, 9.17) is 17.3 Å². The topological polar surface area (TPSA) is 80.9 Å². The number of nitrogens with one attached hydrogen (secondary N) is 1. The summed E-state index contributed by atoms with van der Waals surface area (Å²) < 4.78 is 0. The fourth-order valence-corrected chi connectivity index (χ4v) is 1.69. The quantitative estimate of drug-likeness (QED) is 0.804. The normalized spacial score (nSPS) is 10.1. The number of aromatic nitrogens is 2. The Bertz CT molecular complexity index is 514. The molecular formula is C9H7ClN4OS. The maximum Gasteiger partial charge on any atom is 0.257 e. The predicted octanol–water partition coefficient (Wildman–Crippen LogP) is 2.03. The number of anilines is 2. The number of amides is 1. The molecule has 0 bridgehead atoms. The minimum absolute atomic E-state index is 0.293. The van der Waals surface area contributed by atoms with Crippen LogP contribution in [0.25, 0.3) is 0 Å². The van der Waals surface area contributed by atoms with Crippen LogP contribution in [0.5, 0.6) is 0 Å². The molecule has 3 N–H and O–H groups in total. The second-order valence-electron chi connectivity index (χ2n) is 2.93. The summed E-state index contributed by atoms with van der Waals surface area (Å²) in [5, 5.41) is 10.7. The molecule has 1 amide bonds. The first-order chi connectivity index (χ1) is 7.66. The molecule has 7 heteroatoms. The van der Waals surface area contributed by atoms with Crippen LogP contribution in [0.2, 0.25) is 5.02 Å². The summed E-state index contributed by atoms with van der Waals surface area (Å²) in [6.45, 7) is 0. The Balaban J connectivity index is 2.18. The van der Waals surface area contributed by atoms with Gasteiger partial charge < -0.3 is 5.73 Å². The van der Waals surface area contributed by atoms with E-state index in [1.165, 1.54) is 22.9 Å². The van der Waals surface area contributed by atoms with Crippen LogP contribution in [0.3, 0.4) is 0 Å². The molecule has 0 aliphatic heterocycles. The zero-order chi connectivity index (χ0) is 11.5. The van der Waals surface area contributed by atoms with Crippen molar-refractivity contribution in [1.82, 2.24) is 10.2 Å². The van der Waals surface area contributed by atoms with E-state index in [1.807, 2.05) is 0 Å². The van der Waals surface area contributed by atoms with Gasteiger partial charge in [-0.3, -0.25) is 10.1 Å². The van der Waals surface area contributed by atoms with Gasteiger partial charge in [-0.1, -0.05) is 22.9 Å². The summed E-state index contributed by atoms with van der Waals surface area (Å²) in [6, 6.07) is 4.68. The van der Waals surface area contributed by atoms with Gasteiger partial charge in [-0.25, -0.2) is 0 Å². The van der Waals surface area contributed by atoms with Crippen molar-refractivity contribution in [2.75, 3.05) is 11.1 Å². The van der Waals surface area contributed by atoms with Gasteiger partial charge in [0.05, 0.1) is 10.7 Å². The number of nitrogens with two attached hydrogens (primary N) is 1. The van der Waals surface area contributed by atoms with Gasteiger partial charge in [0.1, 0.15) is 5.51 Å². The number of carbonyl (C=O) groups is 1. The lowest BCUT2D eigenvalue weighted by atomic mass is 10.2. The highest BCUT2D eigenvalue weighted by molar-refractivity contribution is 7.13. The summed E-state index contributed by atoms with van der Waals surface area (Å²) in [5.74, 6) is -0.293. The van der Waals surface area contributed by atoms with Gasteiger partial charge in [-0.2, -0.15) is 0 Å². The van der Waals surface area contributed by atoms with Gasteiger partial charge in [0.15, 0.2) is 0 Å². The number of benzene rings is 1. The molecule has 0 saturated carbocycles. The maximum absolute atomic E-state index is 11.7. The fraction of sp³-hybridized carbons (Fsp3) is 0. The van der Waals surface area contributed by atoms with E-state index in [1.54, 1.807) is 12.1 Å². The molecule has 0 fully saturated rings. The second kappa shape index (κ2) is 4.46. The maximum atomic E-state index is 11.7. The molecule has 16 heavy (non-hydrogen) atoms. The van der Waals surface area contributed by atoms with Crippen LogP contribution in [0.15, 0.2) is 23.7 Å². The lowest BCUT2D eigenvalue weighted by Crippen LogP contribution is -2.11. The summed E-state index contributed by atoms with van der Waals surface area (Å²) in [7, 11) is 0. The van der Waals surface area contributed by atoms with Crippen molar-refractivity contribution in [1.29, 1.82) is 0 Å². The first-order valence-electron chi connectivity index (χ1n) is 4.29. The highest BCUT2D eigenvalue weighted by Gasteiger charge is 2.09. The second-order valence-corrected chi connectivity index (χ2v) is 4.17. The van der Waals surface area contributed by atoms with Crippen molar-refractivity contribution in [3.8, 4) is 0 Å². The zero-order valence-corrected chi connectivity index (χ0v) is 9.55. The first-order valence-corrected chi connectivity index (χ1v) is 5.55. The monoisotopic (exact) mass is 254 g/mol. The predicted molar refractivity (Wildman–Crippen MR) is 63.7 cm³/mol. The van der Waals surface area contributed by atoms with Gasteiger partial charge in [0.25, 0.3) is 5.91 Å². The van der Waals surface area contributed by atoms with Crippen molar-refractivity contribution in [2.45, 2.75) is 0 Å². The third-order valence-corrected chi connectivity index (χ3v) is 2.78. The Kier molecular flexibility index (Phi) is 3.02. The Morgan fingerprint density at radius 1 is 1.50 bits per heavy atom. The Morgan fingerprint density at radius 2 is 2.31 bits per heavy atom.